The largest absolute Gasteiger partial charge is 0.385 e. The molecule has 4 aromatic heterocycles. The van der Waals surface area contributed by atoms with Crippen molar-refractivity contribution in [3.8, 4) is 21.8 Å². The topological polar surface area (TPSA) is 87.9 Å². The Morgan fingerprint density at radius 1 is 0.935 bits per heavy atom. The van der Waals surface area contributed by atoms with Gasteiger partial charge in [-0.25, -0.2) is 9.97 Å². The maximum atomic E-state index is 11.3. The summed E-state index contributed by atoms with van der Waals surface area (Å²) in [6, 6.07) is 7.89. The smallest absolute Gasteiger partial charge is 0.225 e. The van der Waals surface area contributed by atoms with Gasteiger partial charge in [0.15, 0.2) is 0 Å². The summed E-state index contributed by atoms with van der Waals surface area (Å²) in [5.41, 5.74) is 2.46. The fourth-order valence-electron chi connectivity index (χ4n) is 4.00. The molecule has 0 bridgehead atoms. The van der Waals surface area contributed by atoms with Crippen molar-refractivity contribution in [1.29, 1.82) is 0 Å². The van der Waals surface area contributed by atoms with E-state index in [4.69, 9.17) is 4.98 Å². The van der Waals surface area contributed by atoms with Gasteiger partial charge in [-0.1, -0.05) is 12.1 Å². The van der Waals surface area contributed by atoms with E-state index in [2.05, 4.69) is 30.9 Å². The van der Waals surface area contributed by atoms with Gasteiger partial charge in [-0.2, -0.15) is 0 Å². The van der Waals surface area contributed by atoms with Crippen LogP contribution in [-0.2, 0) is 5.60 Å². The van der Waals surface area contributed by atoms with Crippen LogP contribution in [0.4, 0.5) is 5.95 Å². The number of rotatable bonds is 4. The number of hydrogen-bond donors (Lipinski definition) is 1. The van der Waals surface area contributed by atoms with Gasteiger partial charge in [-0.15, -0.1) is 11.3 Å². The third-order valence-corrected chi connectivity index (χ3v) is 6.54. The molecule has 1 unspecified atom stereocenters. The van der Waals surface area contributed by atoms with Crippen molar-refractivity contribution in [2.24, 2.45) is 0 Å². The molecule has 1 aliphatic rings. The standard InChI is InChI=1S/C23H22N6OS/c30-23(17-4-1-8-24-14-17)6-3-11-29(12-7-23)22-27-15-18(19-16-25-9-10-26-19)21(28-22)20-5-2-13-31-20/h1-2,4-5,8-10,13-16,30H,3,6-7,11-12H2. The van der Waals surface area contributed by atoms with E-state index in [9.17, 15) is 5.11 Å². The summed E-state index contributed by atoms with van der Waals surface area (Å²) in [6.45, 7) is 1.46. The molecule has 1 aliphatic heterocycles. The molecule has 156 valence electrons. The van der Waals surface area contributed by atoms with E-state index >= 15 is 0 Å². The highest BCUT2D eigenvalue weighted by molar-refractivity contribution is 7.13. The zero-order chi connectivity index (χ0) is 21.1. The fraction of sp³-hybridized carbons (Fsp3) is 0.261. The molecule has 7 nitrogen and oxygen atoms in total. The van der Waals surface area contributed by atoms with Crippen molar-refractivity contribution >= 4 is 17.3 Å². The van der Waals surface area contributed by atoms with Gasteiger partial charge in [0.05, 0.1) is 28.1 Å². The Balaban J connectivity index is 1.46. The molecular formula is C23H22N6OS. The van der Waals surface area contributed by atoms with Gasteiger partial charge in [0.2, 0.25) is 5.95 Å². The summed E-state index contributed by atoms with van der Waals surface area (Å²) in [5.74, 6) is 0.673. The maximum absolute atomic E-state index is 11.3. The van der Waals surface area contributed by atoms with Crippen molar-refractivity contribution in [2.45, 2.75) is 24.9 Å². The monoisotopic (exact) mass is 430 g/mol. The summed E-state index contributed by atoms with van der Waals surface area (Å²) in [5, 5.41) is 13.3. The number of thiophene rings is 1. The van der Waals surface area contributed by atoms with Gasteiger partial charge in [-0.05, 0) is 36.8 Å². The molecule has 0 saturated carbocycles. The van der Waals surface area contributed by atoms with E-state index in [0.717, 1.165) is 40.4 Å². The zero-order valence-corrected chi connectivity index (χ0v) is 17.7. The SMILES string of the molecule is OC1(c2cccnc2)CCCN(c2ncc(-c3cnccn3)c(-c3cccs3)n2)CC1. The molecule has 0 amide bonds. The van der Waals surface area contributed by atoms with E-state index in [1.807, 2.05) is 29.8 Å². The molecule has 1 saturated heterocycles. The van der Waals surface area contributed by atoms with Gasteiger partial charge < -0.3 is 10.0 Å². The number of hydrogen-bond acceptors (Lipinski definition) is 8. The molecule has 5 rings (SSSR count). The Labute approximate surface area is 184 Å². The fourth-order valence-corrected chi connectivity index (χ4v) is 4.73. The van der Waals surface area contributed by atoms with Crippen LogP contribution in [0.3, 0.4) is 0 Å². The predicted molar refractivity (Wildman–Crippen MR) is 121 cm³/mol. The normalized spacial score (nSPS) is 19.2. The minimum Gasteiger partial charge on any atom is -0.385 e. The Kier molecular flexibility index (Phi) is 5.40. The number of aliphatic hydroxyl groups is 1. The molecule has 4 aromatic rings. The molecule has 0 aromatic carbocycles. The first-order valence-electron chi connectivity index (χ1n) is 10.3. The first-order chi connectivity index (χ1) is 15.2. The average molecular weight is 431 g/mol. The second kappa shape index (κ2) is 8.49. The van der Waals surface area contributed by atoms with Crippen molar-refractivity contribution in [1.82, 2.24) is 24.9 Å². The van der Waals surface area contributed by atoms with Crippen LogP contribution < -0.4 is 4.90 Å². The summed E-state index contributed by atoms with van der Waals surface area (Å²) in [7, 11) is 0. The van der Waals surface area contributed by atoms with Crippen LogP contribution in [0.15, 0.2) is 66.8 Å². The molecule has 5 heterocycles. The quantitative estimate of drug-likeness (QED) is 0.525. The Morgan fingerprint density at radius 2 is 1.87 bits per heavy atom. The van der Waals surface area contributed by atoms with E-state index < -0.39 is 5.60 Å². The summed E-state index contributed by atoms with van der Waals surface area (Å²) in [6.07, 6.45) is 12.5. The Bertz CT molecular complexity index is 1140. The van der Waals surface area contributed by atoms with Gasteiger partial charge >= 0.3 is 0 Å². The molecule has 1 atom stereocenters. The minimum atomic E-state index is -0.876. The van der Waals surface area contributed by atoms with E-state index in [1.165, 1.54) is 0 Å². The molecular weight excluding hydrogens is 408 g/mol. The maximum Gasteiger partial charge on any atom is 0.225 e. The number of nitrogens with zero attached hydrogens (tertiary/aromatic N) is 6. The van der Waals surface area contributed by atoms with Crippen molar-refractivity contribution in [2.75, 3.05) is 18.0 Å². The van der Waals surface area contributed by atoms with Crippen LogP contribution in [0.1, 0.15) is 24.8 Å². The number of anilines is 1. The van der Waals surface area contributed by atoms with Crippen LogP contribution >= 0.6 is 11.3 Å². The van der Waals surface area contributed by atoms with Crippen LogP contribution in [0.5, 0.6) is 0 Å². The molecule has 1 N–H and O–H groups in total. The molecule has 1 fully saturated rings. The van der Waals surface area contributed by atoms with Gasteiger partial charge in [0, 0.05) is 55.2 Å². The van der Waals surface area contributed by atoms with Crippen molar-refractivity contribution < 1.29 is 5.11 Å². The Hall–Kier alpha value is -3.23. The molecule has 0 spiro atoms. The van der Waals surface area contributed by atoms with Gasteiger partial charge in [-0.3, -0.25) is 15.0 Å². The van der Waals surface area contributed by atoms with Crippen LogP contribution in [-0.4, -0.2) is 43.1 Å². The Morgan fingerprint density at radius 3 is 2.65 bits per heavy atom. The molecule has 0 radical (unpaired) electrons. The van der Waals surface area contributed by atoms with Crippen molar-refractivity contribution in [3.05, 3.63) is 72.4 Å². The predicted octanol–water partition coefficient (Wildman–Crippen LogP) is 3.94. The van der Waals surface area contributed by atoms with Gasteiger partial charge in [0.1, 0.15) is 0 Å². The second-order valence-electron chi connectivity index (χ2n) is 7.61. The first-order valence-corrected chi connectivity index (χ1v) is 11.2. The summed E-state index contributed by atoms with van der Waals surface area (Å²) in [4.78, 5) is 25.6. The average Bonchev–Trinajstić information content (AvgIpc) is 3.29. The highest BCUT2D eigenvalue weighted by atomic mass is 32.1. The molecule has 31 heavy (non-hydrogen) atoms. The minimum absolute atomic E-state index is 0.600. The molecule has 8 heteroatoms. The van der Waals surface area contributed by atoms with E-state index in [1.54, 1.807) is 42.3 Å². The summed E-state index contributed by atoms with van der Waals surface area (Å²) < 4.78 is 0. The van der Waals surface area contributed by atoms with E-state index in [-0.39, 0.29) is 0 Å². The lowest BCUT2D eigenvalue weighted by Gasteiger charge is -2.27. The lowest BCUT2D eigenvalue weighted by atomic mass is 9.88. The lowest BCUT2D eigenvalue weighted by Crippen LogP contribution is -2.30. The highest BCUT2D eigenvalue weighted by Gasteiger charge is 2.33. The molecule has 0 aliphatic carbocycles. The highest BCUT2D eigenvalue weighted by Crippen LogP contribution is 2.35. The van der Waals surface area contributed by atoms with Crippen molar-refractivity contribution in [3.63, 3.8) is 0 Å². The lowest BCUT2D eigenvalue weighted by molar-refractivity contribution is 0.0241. The third kappa shape index (κ3) is 4.04. The zero-order valence-electron chi connectivity index (χ0n) is 16.9. The van der Waals surface area contributed by atoms with Crippen LogP contribution in [0.25, 0.3) is 21.8 Å². The summed E-state index contributed by atoms with van der Waals surface area (Å²) >= 11 is 1.64. The van der Waals surface area contributed by atoms with Crippen LogP contribution in [0.2, 0.25) is 0 Å². The number of aromatic nitrogens is 5. The first kappa shape index (κ1) is 19.7. The van der Waals surface area contributed by atoms with Gasteiger partial charge in [0.25, 0.3) is 0 Å². The number of pyridine rings is 1. The third-order valence-electron chi connectivity index (χ3n) is 5.67. The second-order valence-corrected chi connectivity index (χ2v) is 8.56. The van der Waals surface area contributed by atoms with E-state index in [0.29, 0.717) is 25.3 Å². The van der Waals surface area contributed by atoms with Crippen LogP contribution in [0, 0.1) is 0 Å².